The van der Waals surface area contributed by atoms with Gasteiger partial charge in [-0.25, -0.2) is 0 Å². The number of anilines is 2. The SMILES string of the molecule is C=CC(=O)N1CCN(c2nc(OCCCN3CCOCC3)nc3c2CCN(c2c(C)ccc4c2=CN=4)C3)CC1.CC. The third-order valence-electron chi connectivity index (χ3n) is 8.09. The van der Waals surface area contributed by atoms with Crippen molar-refractivity contribution in [3.63, 3.8) is 0 Å². The van der Waals surface area contributed by atoms with E-state index in [1.165, 1.54) is 28.1 Å². The first-order valence-electron chi connectivity index (χ1n) is 15.0. The standard InChI is InChI=1S/C29H37N7O3.C2H6/c1-3-26(37)34-10-12-35(13-11-34)28-22-7-9-36(27-21(2)5-6-24-23(27)19-30-24)20-25(22)31-29(32-28)39-16-4-8-33-14-17-38-18-15-33;1-2/h3,5-6,19H,1,4,7-18,20H2,2H3;1-2H3. The second-order valence-corrected chi connectivity index (χ2v) is 10.5. The number of benzene rings is 1. The van der Waals surface area contributed by atoms with Crippen LogP contribution in [-0.4, -0.2) is 97.9 Å². The number of carbonyl (C=O) groups excluding carboxylic acids is 1. The number of nitrogens with zero attached hydrogens (tertiary/aromatic N) is 7. The summed E-state index contributed by atoms with van der Waals surface area (Å²) >= 11 is 0. The zero-order chi connectivity index (χ0) is 28.8. The minimum absolute atomic E-state index is 0.0160. The summed E-state index contributed by atoms with van der Waals surface area (Å²) < 4.78 is 11.6. The molecule has 1 aromatic carbocycles. The summed E-state index contributed by atoms with van der Waals surface area (Å²) in [6.07, 6.45) is 5.13. The van der Waals surface area contributed by atoms with Crippen LogP contribution in [0.15, 0.2) is 29.8 Å². The third-order valence-corrected chi connectivity index (χ3v) is 8.09. The first-order valence-corrected chi connectivity index (χ1v) is 15.0. The van der Waals surface area contributed by atoms with Gasteiger partial charge in [-0.05, 0) is 37.5 Å². The van der Waals surface area contributed by atoms with Gasteiger partial charge in [-0.2, -0.15) is 9.97 Å². The number of amides is 1. The Labute approximate surface area is 243 Å². The number of ether oxygens (including phenoxy) is 2. The summed E-state index contributed by atoms with van der Waals surface area (Å²) in [6, 6.07) is 4.68. The molecule has 10 heteroatoms. The Balaban J connectivity index is 0.00000165. The molecular formula is C31H43N7O3. The third kappa shape index (κ3) is 6.38. The number of aromatic nitrogens is 2. The Kier molecular flexibility index (Phi) is 9.51. The quantitative estimate of drug-likeness (QED) is 0.356. The number of aryl methyl sites for hydroxylation is 1. The van der Waals surface area contributed by atoms with Crippen molar-refractivity contribution in [2.45, 2.75) is 40.2 Å². The largest absolute Gasteiger partial charge is 0.463 e. The van der Waals surface area contributed by atoms with Gasteiger partial charge in [-0.3, -0.25) is 14.7 Å². The molecule has 1 aromatic heterocycles. The molecule has 4 aliphatic heterocycles. The fraction of sp³-hybridized carbons (Fsp3) is 0.548. The lowest BCUT2D eigenvalue weighted by Gasteiger charge is -2.38. The predicted molar refractivity (Wildman–Crippen MR) is 161 cm³/mol. The molecule has 0 radical (unpaired) electrons. The first-order chi connectivity index (χ1) is 20.1. The summed E-state index contributed by atoms with van der Waals surface area (Å²) in [5.74, 6) is 0.936. The number of piperazine rings is 1. The smallest absolute Gasteiger partial charge is 0.318 e. The van der Waals surface area contributed by atoms with E-state index in [4.69, 9.17) is 19.4 Å². The average molecular weight is 562 g/mol. The lowest BCUT2D eigenvalue weighted by atomic mass is 10.0. The normalized spacial score (nSPS) is 18.1. The second-order valence-electron chi connectivity index (χ2n) is 10.5. The topological polar surface area (TPSA) is 86.6 Å². The molecular weight excluding hydrogens is 518 g/mol. The number of fused-ring (bicyclic) bond motifs is 2. The molecule has 0 bridgehead atoms. The Hall–Kier alpha value is -3.50. The summed E-state index contributed by atoms with van der Waals surface area (Å²) in [7, 11) is 0. The summed E-state index contributed by atoms with van der Waals surface area (Å²) in [6.45, 7) is 19.3. The fourth-order valence-corrected chi connectivity index (χ4v) is 5.88. The van der Waals surface area contributed by atoms with Crippen LogP contribution in [0.2, 0.25) is 0 Å². The van der Waals surface area contributed by atoms with Gasteiger partial charge in [0.25, 0.3) is 0 Å². The van der Waals surface area contributed by atoms with E-state index < -0.39 is 0 Å². The average Bonchev–Trinajstić information content (AvgIpc) is 3.01. The highest BCUT2D eigenvalue weighted by Gasteiger charge is 2.29. The number of hydrogen-bond donors (Lipinski definition) is 0. The maximum atomic E-state index is 12.1. The lowest BCUT2D eigenvalue weighted by molar-refractivity contribution is -0.126. The highest BCUT2D eigenvalue weighted by Crippen LogP contribution is 2.31. The van der Waals surface area contributed by atoms with E-state index >= 15 is 0 Å². The molecule has 0 atom stereocenters. The highest BCUT2D eigenvalue weighted by atomic mass is 16.5. The van der Waals surface area contributed by atoms with Gasteiger partial charge in [-0.15, -0.1) is 0 Å². The second kappa shape index (κ2) is 13.4. The Morgan fingerprint density at radius 3 is 2.54 bits per heavy atom. The molecule has 0 saturated carbocycles. The Morgan fingerprint density at radius 1 is 1.05 bits per heavy atom. The van der Waals surface area contributed by atoms with Gasteiger partial charge in [0.05, 0.1) is 43.1 Å². The van der Waals surface area contributed by atoms with E-state index in [0.29, 0.717) is 32.3 Å². The van der Waals surface area contributed by atoms with Crippen molar-refractivity contribution in [3.05, 3.63) is 52.2 Å². The molecule has 0 aliphatic carbocycles. The van der Waals surface area contributed by atoms with Crippen LogP contribution in [0.3, 0.4) is 0 Å². The van der Waals surface area contributed by atoms with Gasteiger partial charge in [-0.1, -0.05) is 26.5 Å². The number of morpholine rings is 1. The van der Waals surface area contributed by atoms with Gasteiger partial charge in [0.2, 0.25) is 5.91 Å². The lowest BCUT2D eigenvalue weighted by Crippen LogP contribution is -2.49. The van der Waals surface area contributed by atoms with Crippen molar-refractivity contribution in [1.29, 1.82) is 0 Å². The van der Waals surface area contributed by atoms with E-state index in [1.54, 1.807) is 0 Å². The molecule has 2 aromatic rings. The van der Waals surface area contributed by atoms with Crippen molar-refractivity contribution in [2.75, 3.05) is 82.0 Å². The molecule has 0 N–H and O–H groups in total. The molecule has 2 fully saturated rings. The van der Waals surface area contributed by atoms with Crippen molar-refractivity contribution in [1.82, 2.24) is 19.8 Å². The van der Waals surface area contributed by atoms with E-state index in [2.05, 4.69) is 45.3 Å². The maximum Gasteiger partial charge on any atom is 0.318 e. The van der Waals surface area contributed by atoms with E-state index in [9.17, 15) is 4.79 Å². The number of rotatable bonds is 8. The van der Waals surface area contributed by atoms with Gasteiger partial charge in [0, 0.05) is 69.3 Å². The molecule has 220 valence electrons. The molecule has 6 rings (SSSR count). The van der Waals surface area contributed by atoms with Gasteiger partial charge < -0.3 is 24.2 Å². The molecule has 10 nitrogen and oxygen atoms in total. The van der Waals surface area contributed by atoms with Gasteiger partial charge in [0.1, 0.15) is 5.82 Å². The molecule has 0 unspecified atom stereocenters. The monoisotopic (exact) mass is 561 g/mol. The molecule has 5 heterocycles. The summed E-state index contributed by atoms with van der Waals surface area (Å²) in [4.78, 5) is 35.4. The Bertz CT molecular complexity index is 1360. The summed E-state index contributed by atoms with van der Waals surface area (Å²) in [5.41, 5.74) is 4.71. The minimum Gasteiger partial charge on any atom is -0.463 e. The first kappa shape index (κ1) is 29.0. The molecule has 4 aliphatic rings. The minimum atomic E-state index is -0.0160. The summed E-state index contributed by atoms with van der Waals surface area (Å²) in [5, 5.41) is 2.27. The molecule has 41 heavy (non-hydrogen) atoms. The predicted octanol–water partition coefficient (Wildman–Crippen LogP) is 1.68. The van der Waals surface area contributed by atoms with Crippen molar-refractivity contribution in [3.8, 4) is 6.01 Å². The van der Waals surface area contributed by atoms with E-state index in [1.807, 2.05) is 24.9 Å². The van der Waals surface area contributed by atoms with Crippen molar-refractivity contribution in [2.24, 2.45) is 4.99 Å². The molecule has 0 spiro atoms. The van der Waals surface area contributed by atoms with Crippen LogP contribution < -0.4 is 25.1 Å². The zero-order valence-corrected chi connectivity index (χ0v) is 24.8. The van der Waals surface area contributed by atoms with Crippen LogP contribution in [0.5, 0.6) is 6.01 Å². The van der Waals surface area contributed by atoms with Crippen molar-refractivity contribution < 1.29 is 14.3 Å². The molecule has 2 saturated heterocycles. The zero-order valence-electron chi connectivity index (χ0n) is 24.8. The Morgan fingerprint density at radius 2 is 1.83 bits per heavy atom. The van der Waals surface area contributed by atoms with Crippen LogP contribution in [-0.2, 0) is 22.5 Å². The van der Waals surface area contributed by atoms with Crippen LogP contribution >= 0.6 is 0 Å². The van der Waals surface area contributed by atoms with Gasteiger partial charge >= 0.3 is 6.01 Å². The van der Waals surface area contributed by atoms with E-state index in [-0.39, 0.29) is 5.91 Å². The van der Waals surface area contributed by atoms with Crippen molar-refractivity contribution >= 4 is 23.6 Å². The fourth-order valence-electron chi connectivity index (χ4n) is 5.88. The van der Waals surface area contributed by atoms with Crippen LogP contribution in [0, 0.1) is 6.92 Å². The van der Waals surface area contributed by atoms with Crippen LogP contribution in [0.1, 0.15) is 37.1 Å². The van der Waals surface area contributed by atoms with Crippen LogP contribution in [0.25, 0.3) is 6.20 Å². The van der Waals surface area contributed by atoms with E-state index in [0.717, 1.165) is 82.2 Å². The van der Waals surface area contributed by atoms with Crippen LogP contribution in [0.4, 0.5) is 11.5 Å². The van der Waals surface area contributed by atoms with Gasteiger partial charge in [0.15, 0.2) is 0 Å². The number of carbonyl (C=O) groups is 1. The maximum absolute atomic E-state index is 12.1. The molecule has 1 amide bonds. The highest BCUT2D eigenvalue weighted by molar-refractivity contribution is 5.87. The number of hydrogen-bond acceptors (Lipinski definition) is 9.